The fraction of sp³-hybridized carbons (Fsp3) is 0.250. The van der Waals surface area contributed by atoms with E-state index in [-0.39, 0.29) is 24.1 Å². The maximum absolute atomic E-state index is 13.1. The van der Waals surface area contributed by atoms with Gasteiger partial charge in [-0.05, 0) is 25.1 Å². The summed E-state index contributed by atoms with van der Waals surface area (Å²) in [6.07, 6.45) is 0.825. The maximum atomic E-state index is 13.1. The number of anilines is 1. The summed E-state index contributed by atoms with van der Waals surface area (Å²) in [4.78, 5) is 56.6. The summed E-state index contributed by atoms with van der Waals surface area (Å²) in [7, 11) is 1.26. The number of carbonyl (C=O) groups excluding carboxylic acids is 4. The summed E-state index contributed by atoms with van der Waals surface area (Å²) in [6, 6.07) is 13.7. The Bertz CT molecular complexity index is 1220. The molecule has 1 fully saturated rings. The Kier molecular flexibility index (Phi) is 6.12. The van der Waals surface area contributed by atoms with Gasteiger partial charge in [0.1, 0.15) is 0 Å². The van der Waals surface area contributed by atoms with Crippen LogP contribution in [0.2, 0.25) is 0 Å². The third-order valence-electron chi connectivity index (χ3n) is 5.77. The number of fused-ring (bicyclic) bond motifs is 1. The van der Waals surface area contributed by atoms with Gasteiger partial charge in [-0.1, -0.05) is 30.3 Å². The number of aromatic amines is 1. The second-order valence-electron chi connectivity index (χ2n) is 7.84. The monoisotopic (exact) mass is 448 g/mol. The van der Waals surface area contributed by atoms with Gasteiger partial charge in [0.25, 0.3) is 17.6 Å². The third-order valence-corrected chi connectivity index (χ3v) is 5.77. The van der Waals surface area contributed by atoms with Crippen LogP contribution in [0.25, 0.3) is 10.9 Å². The van der Waals surface area contributed by atoms with Crippen LogP contribution in [0.4, 0.5) is 10.5 Å². The summed E-state index contributed by atoms with van der Waals surface area (Å²) in [5, 5.41) is 3.10. The van der Waals surface area contributed by atoms with Crippen molar-refractivity contribution in [3.8, 4) is 0 Å². The average molecular weight is 448 g/mol. The Morgan fingerprint density at radius 2 is 1.79 bits per heavy atom. The number of ketones is 1. The third kappa shape index (κ3) is 4.30. The zero-order valence-electron chi connectivity index (χ0n) is 18.3. The highest BCUT2D eigenvalue weighted by Crippen LogP contribution is 2.27. The number of amides is 3. The normalized spacial score (nSPS) is 15.9. The predicted octanol–water partition coefficient (Wildman–Crippen LogP) is 2.90. The van der Waals surface area contributed by atoms with Crippen LogP contribution in [0.3, 0.4) is 0 Å². The fourth-order valence-electron chi connectivity index (χ4n) is 4.06. The molecule has 0 unspecified atom stereocenters. The molecule has 0 saturated carbocycles. The van der Waals surface area contributed by atoms with Gasteiger partial charge in [0.05, 0.1) is 23.9 Å². The molecular weight excluding hydrogens is 424 g/mol. The van der Waals surface area contributed by atoms with E-state index in [4.69, 9.17) is 0 Å². The molecule has 4 rings (SSSR count). The second-order valence-corrected chi connectivity index (χ2v) is 7.84. The van der Waals surface area contributed by atoms with Gasteiger partial charge in [-0.25, -0.2) is 4.79 Å². The fourth-order valence-corrected chi connectivity index (χ4v) is 4.06. The molecular formula is C24H24N4O5. The van der Waals surface area contributed by atoms with Gasteiger partial charge < -0.3 is 19.5 Å². The first-order valence-corrected chi connectivity index (χ1v) is 10.6. The van der Waals surface area contributed by atoms with Crippen LogP contribution in [0.1, 0.15) is 27.6 Å². The molecule has 1 aliphatic heterocycles. The molecule has 33 heavy (non-hydrogen) atoms. The zero-order chi connectivity index (χ0) is 23.5. The van der Waals surface area contributed by atoms with E-state index in [1.807, 2.05) is 25.1 Å². The molecule has 2 N–H and O–H groups in total. The van der Waals surface area contributed by atoms with Gasteiger partial charge in [-0.2, -0.15) is 0 Å². The molecule has 0 aliphatic carbocycles. The number of aromatic nitrogens is 1. The van der Waals surface area contributed by atoms with Crippen molar-refractivity contribution in [3.63, 3.8) is 0 Å². The lowest BCUT2D eigenvalue weighted by Gasteiger charge is -2.39. The Morgan fingerprint density at radius 3 is 2.48 bits per heavy atom. The molecule has 1 aliphatic rings. The number of nitrogens with zero attached hydrogens (tertiary/aromatic N) is 2. The van der Waals surface area contributed by atoms with Crippen LogP contribution in [-0.2, 0) is 9.53 Å². The molecule has 170 valence electrons. The van der Waals surface area contributed by atoms with Crippen LogP contribution in [-0.4, -0.2) is 71.3 Å². The van der Waals surface area contributed by atoms with Crippen LogP contribution >= 0.6 is 0 Å². The molecule has 0 bridgehead atoms. The van der Waals surface area contributed by atoms with E-state index in [1.165, 1.54) is 18.2 Å². The number of rotatable bonds is 4. The first-order valence-electron chi connectivity index (χ1n) is 10.6. The molecule has 9 heteroatoms. The van der Waals surface area contributed by atoms with Gasteiger partial charge in [0, 0.05) is 42.8 Å². The second kappa shape index (κ2) is 9.15. The van der Waals surface area contributed by atoms with Gasteiger partial charge in [-0.15, -0.1) is 0 Å². The minimum absolute atomic E-state index is 0.0943. The van der Waals surface area contributed by atoms with Crippen molar-refractivity contribution in [2.24, 2.45) is 0 Å². The number of para-hydroxylation sites is 1. The lowest BCUT2D eigenvalue weighted by atomic mass is 10.1. The Hall–Kier alpha value is -4.14. The predicted molar refractivity (Wildman–Crippen MR) is 122 cm³/mol. The van der Waals surface area contributed by atoms with E-state index < -0.39 is 17.8 Å². The molecule has 2 aromatic carbocycles. The summed E-state index contributed by atoms with van der Waals surface area (Å²) >= 11 is 0. The van der Waals surface area contributed by atoms with Crippen molar-refractivity contribution in [1.29, 1.82) is 0 Å². The number of hydrogen-bond acceptors (Lipinski definition) is 5. The summed E-state index contributed by atoms with van der Waals surface area (Å²) in [5.41, 5.74) is 1.77. The standard InChI is InChI=1S/C24H24N4O5/c1-15-14-27(22(30)16-7-4-3-5-8-16)11-12-28(15)23(31)21(29)18-13-25-20-17(18)9-6-10-19(20)26-24(32)33-2/h3-10,13,15,25H,11-12,14H2,1-2H3,(H,26,32)/t15-/m1/s1. The van der Waals surface area contributed by atoms with Crippen molar-refractivity contribution in [1.82, 2.24) is 14.8 Å². The first kappa shape index (κ1) is 22.1. The largest absolute Gasteiger partial charge is 0.453 e. The van der Waals surface area contributed by atoms with Gasteiger partial charge in [0.15, 0.2) is 0 Å². The highest BCUT2D eigenvalue weighted by atomic mass is 16.5. The van der Waals surface area contributed by atoms with Gasteiger partial charge >= 0.3 is 6.09 Å². The topological polar surface area (TPSA) is 112 Å². The molecule has 1 atom stereocenters. The van der Waals surface area contributed by atoms with Crippen LogP contribution in [0.5, 0.6) is 0 Å². The molecule has 0 spiro atoms. The lowest BCUT2D eigenvalue weighted by Crippen LogP contribution is -2.56. The number of nitrogens with one attached hydrogen (secondary N) is 2. The molecule has 2 heterocycles. The minimum Gasteiger partial charge on any atom is -0.453 e. The van der Waals surface area contributed by atoms with Crippen molar-refractivity contribution in [2.45, 2.75) is 13.0 Å². The number of ether oxygens (including phenoxy) is 1. The SMILES string of the molecule is COC(=O)Nc1cccc2c(C(=O)C(=O)N3CCN(C(=O)c4ccccc4)C[C@H]3C)c[nH]c12. The quantitative estimate of drug-likeness (QED) is 0.471. The minimum atomic E-state index is -0.647. The zero-order valence-corrected chi connectivity index (χ0v) is 18.3. The smallest absolute Gasteiger partial charge is 0.411 e. The summed E-state index contributed by atoms with van der Waals surface area (Å²) < 4.78 is 4.62. The van der Waals surface area contributed by atoms with Crippen molar-refractivity contribution in [2.75, 3.05) is 32.1 Å². The molecule has 9 nitrogen and oxygen atoms in total. The highest BCUT2D eigenvalue weighted by Gasteiger charge is 2.34. The van der Waals surface area contributed by atoms with Crippen LogP contribution in [0, 0.1) is 0 Å². The van der Waals surface area contributed by atoms with Gasteiger partial charge in [0.2, 0.25) is 0 Å². The highest BCUT2D eigenvalue weighted by molar-refractivity contribution is 6.45. The van der Waals surface area contributed by atoms with Gasteiger partial charge in [-0.3, -0.25) is 19.7 Å². The first-order chi connectivity index (χ1) is 15.9. The van der Waals surface area contributed by atoms with Crippen molar-refractivity contribution >= 4 is 40.3 Å². The maximum Gasteiger partial charge on any atom is 0.411 e. The number of carbonyl (C=O) groups is 4. The van der Waals surface area contributed by atoms with Crippen molar-refractivity contribution in [3.05, 3.63) is 65.9 Å². The molecule has 3 aromatic rings. The number of H-pyrrole nitrogens is 1. The van der Waals surface area contributed by atoms with E-state index >= 15 is 0 Å². The molecule has 1 aromatic heterocycles. The number of methoxy groups -OCH3 is 1. The van der Waals surface area contributed by atoms with E-state index in [0.717, 1.165) is 0 Å². The Morgan fingerprint density at radius 1 is 1.03 bits per heavy atom. The molecule has 1 saturated heterocycles. The summed E-state index contributed by atoms with van der Waals surface area (Å²) in [6.45, 7) is 2.77. The lowest BCUT2D eigenvalue weighted by molar-refractivity contribution is -0.130. The van der Waals surface area contributed by atoms with E-state index in [1.54, 1.807) is 35.2 Å². The number of piperazine rings is 1. The number of benzene rings is 2. The Balaban J connectivity index is 1.49. The number of Topliss-reactive ketones (excluding diaryl/α,β-unsaturated/α-hetero) is 1. The summed E-state index contributed by atoms with van der Waals surface area (Å²) in [5.74, 6) is -1.36. The molecule has 3 amide bonds. The average Bonchev–Trinajstić information content (AvgIpc) is 3.28. The molecule has 0 radical (unpaired) electrons. The van der Waals surface area contributed by atoms with Crippen molar-refractivity contribution < 1.29 is 23.9 Å². The number of hydrogen-bond donors (Lipinski definition) is 2. The van der Waals surface area contributed by atoms with Crippen LogP contribution < -0.4 is 5.32 Å². The van der Waals surface area contributed by atoms with E-state index in [0.29, 0.717) is 35.2 Å². The van der Waals surface area contributed by atoms with E-state index in [9.17, 15) is 19.2 Å². The Labute approximate surface area is 190 Å². The van der Waals surface area contributed by atoms with Crippen LogP contribution in [0.15, 0.2) is 54.7 Å². The van der Waals surface area contributed by atoms with E-state index in [2.05, 4.69) is 15.0 Å².